The molecule has 0 fully saturated rings. The number of benzene rings is 2. The van der Waals surface area contributed by atoms with Crippen molar-refractivity contribution in [2.24, 2.45) is 0 Å². The van der Waals surface area contributed by atoms with Gasteiger partial charge in [0.05, 0.1) is 13.5 Å². The van der Waals surface area contributed by atoms with E-state index >= 15 is 0 Å². The minimum absolute atomic E-state index is 0.163. The summed E-state index contributed by atoms with van der Waals surface area (Å²) in [5.74, 6) is -0.479. The number of hydrogen-bond acceptors (Lipinski definition) is 3. The molecule has 2 rings (SSSR count). The minimum atomic E-state index is -1.01. The minimum Gasteiger partial charge on any atom is -0.497 e. The molecule has 0 unspecified atom stereocenters. The number of carbonyl (C=O) groups is 2. The fraction of sp³-hybridized carbons (Fsp3) is 0.333. The molecule has 2 aromatic carbocycles. The number of ether oxygens (including phenoxy) is 1. The predicted octanol–water partition coefficient (Wildman–Crippen LogP) is 2.71. The van der Waals surface area contributed by atoms with Gasteiger partial charge in [0, 0.05) is 6.04 Å². The van der Waals surface area contributed by atoms with E-state index in [9.17, 15) is 9.59 Å². The maximum Gasteiger partial charge on any atom is 0.323 e. The standard InChI is InChI=1S/C18H21NO4/c1-12(2)19(11-18(21)22)17(20)9-14-6-4-5-13-7-8-15(23-3)10-16(13)14/h4-8,10,12H,9,11H2,1-3H3,(H,21,22). The Hall–Kier alpha value is -2.56. The molecule has 0 spiro atoms. The molecule has 5 heteroatoms. The van der Waals surface area contributed by atoms with E-state index < -0.39 is 5.97 Å². The fourth-order valence-electron chi connectivity index (χ4n) is 2.57. The van der Waals surface area contributed by atoms with E-state index in [1.54, 1.807) is 7.11 Å². The van der Waals surface area contributed by atoms with Crippen LogP contribution in [-0.4, -0.2) is 41.6 Å². The summed E-state index contributed by atoms with van der Waals surface area (Å²) in [7, 11) is 1.60. The summed E-state index contributed by atoms with van der Waals surface area (Å²) in [5, 5.41) is 10.9. The van der Waals surface area contributed by atoms with Crippen LogP contribution in [0.4, 0.5) is 0 Å². The lowest BCUT2D eigenvalue weighted by Gasteiger charge is -2.25. The molecule has 122 valence electrons. The van der Waals surface area contributed by atoms with Crippen molar-refractivity contribution in [3.8, 4) is 5.75 Å². The lowest BCUT2D eigenvalue weighted by atomic mass is 10.0. The molecule has 0 atom stereocenters. The molecule has 5 nitrogen and oxygen atoms in total. The molecule has 23 heavy (non-hydrogen) atoms. The number of methoxy groups -OCH3 is 1. The van der Waals surface area contributed by atoms with Crippen molar-refractivity contribution >= 4 is 22.6 Å². The molecule has 0 bridgehead atoms. The van der Waals surface area contributed by atoms with E-state index in [2.05, 4.69) is 0 Å². The molecule has 1 amide bonds. The molecule has 0 aliphatic carbocycles. The highest BCUT2D eigenvalue weighted by atomic mass is 16.5. The molecule has 0 aliphatic rings. The number of aliphatic carboxylic acids is 1. The predicted molar refractivity (Wildman–Crippen MR) is 88.7 cm³/mol. The Kier molecular flexibility index (Phi) is 5.21. The van der Waals surface area contributed by atoms with Gasteiger partial charge in [-0.2, -0.15) is 0 Å². The lowest BCUT2D eigenvalue weighted by molar-refractivity contribution is -0.145. The molecular weight excluding hydrogens is 294 g/mol. The Bertz CT molecular complexity index is 724. The summed E-state index contributed by atoms with van der Waals surface area (Å²) in [5.41, 5.74) is 0.863. The SMILES string of the molecule is COc1ccc2cccc(CC(=O)N(CC(=O)O)C(C)C)c2c1. The Morgan fingerprint density at radius 1 is 1.22 bits per heavy atom. The third kappa shape index (κ3) is 4.00. The second-order valence-corrected chi connectivity index (χ2v) is 5.69. The maximum absolute atomic E-state index is 12.5. The number of nitrogens with zero attached hydrogens (tertiary/aromatic N) is 1. The number of carboxylic acids is 1. The number of hydrogen-bond donors (Lipinski definition) is 1. The van der Waals surface area contributed by atoms with Gasteiger partial charge in [0.1, 0.15) is 12.3 Å². The first-order valence-corrected chi connectivity index (χ1v) is 7.49. The first kappa shape index (κ1) is 16.8. The van der Waals surface area contributed by atoms with Crippen LogP contribution in [0.3, 0.4) is 0 Å². The molecule has 0 saturated carbocycles. The van der Waals surface area contributed by atoms with Gasteiger partial charge >= 0.3 is 5.97 Å². The second kappa shape index (κ2) is 7.13. The average Bonchev–Trinajstić information content (AvgIpc) is 2.52. The molecule has 0 saturated heterocycles. The number of fused-ring (bicyclic) bond motifs is 1. The van der Waals surface area contributed by atoms with Gasteiger partial charge in [-0.15, -0.1) is 0 Å². The molecule has 0 aromatic heterocycles. The maximum atomic E-state index is 12.5. The summed E-state index contributed by atoms with van der Waals surface area (Å²) >= 11 is 0. The van der Waals surface area contributed by atoms with Gasteiger partial charge in [-0.05, 0) is 42.3 Å². The smallest absolute Gasteiger partial charge is 0.323 e. The van der Waals surface area contributed by atoms with Gasteiger partial charge in [-0.3, -0.25) is 9.59 Å². The van der Waals surface area contributed by atoms with Gasteiger partial charge in [0.25, 0.3) is 0 Å². The highest BCUT2D eigenvalue weighted by Crippen LogP contribution is 2.25. The van der Waals surface area contributed by atoms with Crippen molar-refractivity contribution < 1.29 is 19.4 Å². The first-order chi connectivity index (χ1) is 10.9. The third-order valence-electron chi connectivity index (χ3n) is 3.77. The average molecular weight is 315 g/mol. The zero-order chi connectivity index (χ0) is 17.0. The van der Waals surface area contributed by atoms with Crippen LogP contribution in [0, 0.1) is 0 Å². The number of amides is 1. The lowest BCUT2D eigenvalue weighted by Crippen LogP contribution is -2.41. The van der Waals surface area contributed by atoms with Crippen LogP contribution in [0.1, 0.15) is 19.4 Å². The zero-order valence-electron chi connectivity index (χ0n) is 13.6. The fourth-order valence-corrected chi connectivity index (χ4v) is 2.57. The highest BCUT2D eigenvalue weighted by molar-refractivity contribution is 5.92. The van der Waals surface area contributed by atoms with Crippen LogP contribution in [0.2, 0.25) is 0 Å². The molecule has 0 heterocycles. The van der Waals surface area contributed by atoms with Crippen LogP contribution in [0.5, 0.6) is 5.75 Å². The van der Waals surface area contributed by atoms with Gasteiger partial charge in [-0.25, -0.2) is 0 Å². The normalized spacial score (nSPS) is 10.8. The number of carboxylic acid groups (broad SMARTS) is 1. The Balaban J connectivity index is 2.33. The molecule has 2 aromatic rings. The summed E-state index contributed by atoms with van der Waals surface area (Å²) in [4.78, 5) is 24.9. The number of rotatable bonds is 6. The largest absolute Gasteiger partial charge is 0.497 e. The van der Waals surface area contributed by atoms with Crippen LogP contribution in [0.15, 0.2) is 36.4 Å². The van der Waals surface area contributed by atoms with E-state index in [0.29, 0.717) is 0 Å². The van der Waals surface area contributed by atoms with Gasteiger partial charge in [0.2, 0.25) is 5.91 Å². The number of carbonyl (C=O) groups excluding carboxylic acids is 1. The first-order valence-electron chi connectivity index (χ1n) is 7.49. The van der Waals surface area contributed by atoms with E-state index in [1.165, 1.54) is 4.90 Å². The highest BCUT2D eigenvalue weighted by Gasteiger charge is 2.20. The van der Waals surface area contributed by atoms with Crippen molar-refractivity contribution in [1.29, 1.82) is 0 Å². The quantitative estimate of drug-likeness (QED) is 0.890. The van der Waals surface area contributed by atoms with Gasteiger partial charge < -0.3 is 14.7 Å². The third-order valence-corrected chi connectivity index (χ3v) is 3.77. The summed E-state index contributed by atoms with van der Waals surface area (Å²) in [6.45, 7) is 3.34. The van der Waals surface area contributed by atoms with E-state index in [4.69, 9.17) is 9.84 Å². The zero-order valence-corrected chi connectivity index (χ0v) is 13.6. The topological polar surface area (TPSA) is 66.8 Å². The van der Waals surface area contributed by atoms with Crippen molar-refractivity contribution in [2.75, 3.05) is 13.7 Å². The van der Waals surface area contributed by atoms with Crippen LogP contribution in [0.25, 0.3) is 10.8 Å². The van der Waals surface area contributed by atoms with Crippen LogP contribution < -0.4 is 4.74 Å². The van der Waals surface area contributed by atoms with Crippen molar-refractivity contribution in [2.45, 2.75) is 26.3 Å². The van der Waals surface area contributed by atoms with Crippen molar-refractivity contribution in [3.05, 3.63) is 42.0 Å². The monoisotopic (exact) mass is 315 g/mol. The van der Waals surface area contributed by atoms with E-state index in [0.717, 1.165) is 22.1 Å². The molecule has 1 N–H and O–H groups in total. The summed E-state index contributed by atoms with van der Waals surface area (Å²) < 4.78 is 5.25. The van der Waals surface area contributed by atoms with Gasteiger partial charge in [-0.1, -0.05) is 24.3 Å². The Labute approximate surface area is 135 Å². The summed E-state index contributed by atoms with van der Waals surface area (Å²) in [6, 6.07) is 11.3. The van der Waals surface area contributed by atoms with Crippen LogP contribution >= 0.6 is 0 Å². The Morgan fingerprint density at radius 2 is 1.96 bits per heavy atom. The van der Waals surface area contributed by atoms with E-state index in [-0.39, 0.29) is 24.9 Å². The van der Waals surface area contributed by atoms with Crippen LogP contribution in [-0.2, 0) is 16.0 Å². The second-order valence-electron chi connectivity index (χ2n) is 5.69. The molecule has 0 aliphatic heterocycles. The Morgan fingerprint density at radius 3 is 2.57 bits per heavy atom. The van der Waals surface area contributed by atoms with E-state index in [1.807, 2.05) is 50.2 Å². The van der Waals surface area contributed by atoms with Gasteiger partial charge in [0.15, 0.2) is 0 Å². The molecule has 0 radical (unpaired) electrons. The van der Waals surface area contributed by atoms with Crippen molar-refractivity contribution in [1.82, 2.24) is 4.90 Å². The summed E-state index contributed by atoms with van der Waals surface area (Å²) in [6.07, 6.45) is 0.163. The van der Waals surface area contributed by atoms with Crippen molar-refractivity contribution in [3.63, 3.8) is 0 Å². The molecular formula is C18H21NO4.